The number of β-amino-alcohol motifs (C(OH)–C–C–N with tert-alkyl or cyclic N) is 1. The van der Waals surface area contributed by atoms with Crippen LogP contribution in [0.5, 0.6) is 0 Å². The molecular weight excluding hydrogens is 310 g/mol. The highest BCUT2D eigenvalue weighted by atomic mass is 16.3. The van der Waals surface area contributed by atoms with E-state index in [1.54, 1.807) is 0 Å². The van der Waals surface area contributed by atoms with E-state index in [4.69, 9.17) is 0 Å². The molecule has 3 heteroatoms. The second-order valence-corrected chi connectivity index (χ2v) is 7.56. The number of nitrogens with zero attached hydrogens (tertiary/aromatic N) is 1. The van der Waals surface area contributed by atoms with Crippen LogP contribution in [0.3, 0.4) is 0 Å². The molecule has 2 aromatic rings. The molecule has 0 radical (unpaired) electrons. The summed E-state index contributed by atoms with van der Waals surface area (Å²) in [4.78, 5) is 2.25. The molecule has 2 N–H and O–H groups in total. The van der Waals surface area contributed by atoms with E-state index in [1.807, 2.05) is 18.2 Å². The van der Waals surface area contributed by atoms with Gasteiger partial charge >= 0.3 is 0 Å². The summed E-state index contributed by atoms with van der Waals surface area (Å²) in [5, 5.41) is 21.6. The number of hydrogen-bond acceptors (Lipinski definition) is 3. The lowest BCUT2D eigenvalue weighted by atomic mass is 9.83. The minimum Gasteiger partial charge on any atom is -0.387 e. The van der Waals surface area contributed by atoms with Gasteiger partial charge in [0.15, 0.2) is 0 Å². The van der Waals surface area contributed by atoms with Gasteiger partial charge in [0.2, 0.25) is 0 Å². The molecule has 1 aliphatic heterocycles. The Morgan fingerprint density at radius 1 is 1.00 bits per heavy atom. The zero-order valence-electron chi connectivity index (χ0n) is 15.5. The Morgan fingerprint density at radius 3 is 2.36 bits per heavy atom. The fourth-order valence-electron chi connectivity index (χ4n) is 3.65. The minimum absolute atomic E-state index is 0.482. The Morgan fingerprint density at radius 2 is 1.72 bits per heavy atom. The zero-order chi connectivity index (χ0) is 18.0. The standard InChI is InChI=1S/C22H29NO2/c1-16-5-4-6-20(13-16)22(25)9-11-23(12-10-22)15-21(24)19-8-7-17(2)18(3)14-19/h4-8,13-14,21,24-25H,9-12,15H2,1-3H3/t21-/m1/s1. The number of piperidine rings is 1. The molecule has 3 nitrogen and oxygen atoms in total. The number of aryl methyl sites for hydroxylation is 3. The Balaban J connectivity index is 1.61. The monoisotopic (exact) mass is 339 g/mol. The van der Waals surface area contributed by atoms with Crippen LogP contribution in [0.25, 0.3) is 0 Å². The highest BCUT2D eigenvalue weighted by molar-refractivity contribution is 5.31. The molecule has 134 valence electrons. The fraction of sp³-hybridized carbons (Fsp3) is 0.455. The molecule has 2 aromatic carbocycles. The van der Waals surface area contributed by atoms with Gasteiger partial charge in [0, 0.05) is 19.6 Å². The van der Waals surface area contributed by atoms with Gasteiger partial charge in [0.25, 0.3) is 0 Å². The second-order valence-electron chi connectivity index (χ2n) is 7.56. The van der Waals surface area contributed by atoms with Crippen molar-refractivity contribution in [2.45, 2.75) is 45.3 Å². The molecule has 1 heterocycles. The van der Waals surface area contributed by atoms with Gasteiger partial charge in [0.05, 0.1) is 11.7 Å². The summed E-state index contributed by atoms with van der Waals surface area (Å²) in [6.07, 6.45) is 0.927. The maximum Gasteiger partial charge on any atom is 0.0921 e. The van der Waals surface area contributed by atoms with E-state index in [0.29, 0.717) is 19.4 Å². The van der Waals surface area contributed by atoms with Crippen LogP contribution in [0.1, 0.15) is 46.8 Å². The van der Waals surface area contributed by atoms with Gasteiger partial charge in [0.1, 0.15) is 0 Å². The summed E-state index contributed by atoms with van der Waals surface area (Å²) in [7, 11) is 0. The number of aliphatic hydroxyl groups is 2. The predicted octanol–water partition coefficient (Wildman–Crippen LogP) is 3.63. The van der Waals surface area contributed by atoms with Crippen LogP contribution in [0, 0.1) is 20.8 Å². The highest BCUT2D eigenvalue weighted by Gasteiger charge is 2.34. The molecule has 0 aromatic heterocycles. The third kappa shape index (κ3) is 4.12. The smallest absolute Gasteiger partial charge is 0.0921 e. The topological polar surface area (TPSA) is 43.7 Å². The first-order chi connectivity index (χ1) is 11.9. The average Bonchev–Trinajstić information content (AvgIpc) is 2.59. The molecule has 1 atom stereocenters. The van der Waals surface area contributed by atoms with Crippen LogP contribution in [0.15, 0.2) is 42.5 Å². The lowest BCUT2D eigenvalue weighted by Crippen LogP contribution is -2.44. The van der Waals surface area contributed by atoms with E-state index in [-0.39, 0.29) is 0 Å². The summed E-state index contributed by atoms with van der Waals surface area (Å²) < 4.78 is 0. The number of likely N-dealkylation sites (tertiary alicyclic amines) is 1. The normalized spacial score (nSPS) is 18.9. The maximum atomic E-state index is 11.0. The first-order valence-corrected chi connectivity index (χ1v) is 9.14. The quantitative estimate of drug-likeness (QED) is 0.894. The summed E-state index contributed by atoms with van der Waals surface area (Å²) in [6, 6.07) is 14.3. The summed E-state index contributed by atoms with van der Waals surface area (Å²) >= 11 is 0. The summed E-state index contributed by atoms with van der Waals surface area (Å²) in [6.45, 7) is 8.43. The van der Waals surface area contributed by atoms with Crippen molar-refractivity contribution in [3.63, 3.8) is 0 Å². The first-order valence-electron chi connectivity index (χ1n) is 9.14. The third-order valence-electron chi connectivity index (χ3n) is 5.59. The molecule has 1 saturated heterocycles. The third-order valence-corrected chi connectivity index (χ3v) is 5.59. The summed E-state index contributed by atoms with van der Waals surface area (Å²) in [5.41, 5.74) is 4.89. The number of hydrogen-bond donors (Lipinski definition) is 2. The Bertz CT molecular complexity index is 733. The number of benzene rings is 2. The van der Waals surface area contributed by atoms with Gasteiger partial charge in [-0.25, -0.2) is 0 Å². The zero-order valence-corrected chi connectivity index (χ0v) is 15.5. The van der Waals surface area contributed by atoms with Gasteiger partial charge in [-0.1, -0.05) is 48.0 Å². The van der Waals surface area contributed by atoms with Crippen LogP contribution in [0.4, 0.5) is 0 Å². The molecule has 25 heavy (non-hydrogen) atoms. The Labute approximate surface area is 150 Å². The number of aliphatic hydroxyl groups excluding tert-OH is 1. The molecular formula is C22H29NO2. The maximum absolute atomic E-state index is 11.0. The summed E-state index contributed by atoms with van der Waals surface area (Å²) in [5.74, 6) is 0. The van der Waals surface area contributed by atoms with E-state index in [2.05, 4.69) is 49.9 Å². The van der Waals surface area contributed by atoms with E-state index in [1.165, 1.54) is 16.7 Å². The molecule has 0 spiro atoms. The van der Waals surface area contributed by atoms with Crippen molar-refractivity contribution in [2.75, 3.05) is 19.6 Å². The molecule has 3 rings (SSSR count). The SMILES string of the molecule is Cc1cccc(C2(O)CCN(C[C@@H](O)c3ccc(C)c(C)c3)CC2)c1. The van der Waals surface area contributed by atoms with Crippen LogP contribution >= 0.6 is 0 Å². The van der Waals surface area contributed by atoms with Crippen LogP contribution in [0.2, 0.25) is 0 Å². The van der Waals surface area contributed by atoms with Crippen molar-refractivity contribution in [1.29, 1.82) is 0 Å². The van der Waals surface area contributed by atoms with E-state index < -0.39 is 11.7 Å². The van der Waals surface area contributed by atoms with Gasteiger partial charge in [-0.2, -0.15) is 0 Å². The van der Waals surface area contributed by atoms with Crippen LogP contribution in [-0.4, -0.2) is 34.7 Å². The average molecular weight is 339 g/mol. The molecule has 1 aliphatic rings. The first kappa shape index (κ1) is 18.1. The highest BCUT2D eigenvalue weighted by Crippen LogP contribution is 2.33. The lowest BCUT2D eigenvalue weighted by Gasteiger charge is -2.39. The van der Waals surface area contributed by atoms with Crippen molar-refractivity contribution in [1.82, 2.24) is 4.90 Å². The molecule has 0 amide bonds. The molecule has 0 bridgehead atoms. The van der Waals surface area contributed by atoms with Gasteiger partial charge < -0.3 is 15.1 Å². The van der Waals surface area contributed by atoms with Gasteiger partial charge in [-0.05, 0) is 55.9 Å². The van der Waals surface area contributed by atoms with Crippen molar-refractivity contribution < 1.29 is 10.2 Å². The van der Waals surface area contributed by atoms with E-state index in [0.717, 1.165) is 24.2 Å². The largest absolute Gasteiger partial charge is 0.387 e. The van der Waals surface area contributed by atoms with Crippen molar-refractivity contribution >= 4 is 0 Å². The molecule has 1 fully saturated rings. The molecule has 0 unspecified atom stereocenters. The Kier molecular flexibility index (Phi) is 5.28. The van der Waals surface area contributed by atoms with E-state index in [9.17, 15) is 10.2 Å². The van der Waals surface area contributed by atoms with Gasteiger partial charge in [-0.15, -0.1) is 0 Å². The van der Waals surface area contributed by atoms with Crippen molar-refractivity contribution in [3.8, 4) is 0 Å². The van der Waals surface area contributed by atoms with E-state index >= 15 is 0 Å². The minimum atomic E-state index is -0.742. The van der Waals surface area contributed by atoms with Crippen molar-refractivity contribution in [3.05, 3.63) is 70.3 Å². The van der Waals surface area contributed by atoms with Crippen LogP contribution < -0.4 is 0 Å². The van der Waals surface area contributed by atoms with Crippen molar-refractivity contribution in [2.24, 2.45) is 0 Å². The predicted molar refractivity (Wildman–Crippen MR) is 102 cm³/mol. The fourth-order valence-corrected chi connectivity index (χ4v) is 3.65. The molecule has 0 aliphatic carbocycles. The molecule has 0 saturated carbocycles. The van der Waals surface area contributed by atoms with Gasteiger partial charge in [-0.3, -0.25) is 0 Å². The van der Waals surface area contributed by atoms with Crippen LogP contribution in [-0.2, 0) is 5.60 Å². The number of rotatable bonds is 4. The second kappa shape index (κ2) is 7.28. The Hall–Kier alpha value is -1.68. The lowest BCUT2D eigenvalue weighted by molar-refractivity contribution is -0.0345.